The van der Waals surface area contributed by atoms with Crippen molar-refractivity contribution in [2.45, 2.75) is 45.6 Å². The predicted octanol–water partition coefficient (Wildman–Crippen LogP) is 2.93. The minimum absolute atomic E-state index is 0.0911. The molecule has 0 radical (unpaired) electrons. The number of nitrogen functional groups attached to an aromatic ring is 1. The third-order valence-corrected chi connectivity index (χ3v) is 3.86. The van der Waals surface area contributed by atoms with Gasteiger partial charge in [-0.15, -0.1) is 0 Å². The molecule has 1 rings (SSSR count). The van der Waals surface area contributed by atoms with Crippen molar-refractivity contribution in [3.63, 3.8) is 0 Å². The van der Waals surface area contributed by atoms with E-state index >= 15 is 0 Å². The van der Waals surface area contributed by atoms with E-state index in [0.717, 1.165) is 23.8 Å². The van der Waals surface area contributed by atoms with Crippen LogP contribution in [0.4, 0.5) is 11.6 Å². The molecule has 0 aliphatic rings. The maximum Gasteiger partial charge on any atom is 0.138 e. The molecule has 19 heavy (non-hydrogen) atoms. The van der Waals surface area contributed by atoms with Crippen molar-refractivity contribution in [3.05, 3.63) is 11.9 Å². The zero-order valence-electron chi connectivity index (χ0n) is 12.9. The molecule has 0 saturated heterocycles. The highest BCUT2D eigenvalue weighted by molar-refractivity contribution is 7.98. The second-order valence-corrected chi connectivity index (χ2v) is 6.76. The molecule has 0 saturated carbocycles. The highest BCUT2D eigenvalue weighted by Crippen LogP contribution is 2.24. The fourth-order valence-corrected chi connectivity index (χ4v) is 2.70. The van der Waals surface area contributed by atoms with Crippen LogP contribution in [0.2, 0.25) is 0 Å². The fourth-order valence-electron chi connectivity index (χ4n) is 1.85. The molecule has 1 atom stereocenters. The van der Waals surface area contributed by atoms with Crippen LogP contribution in [0.15, 0.2) is 6.07 Å². The number of rotatable bonds is 5. The monoisotopic (exact) mass is 282 g/mol. The second-order valence-electron chi connectivity index (χ2n) is 5.85. The summed E-state index contributed by atoms with van der Waals surface area (Å²) < 4.78 is 0. The zero-order chi connectivity index (χ0) is 14.6. The van der Waals surface area contributed by atoms with Gasteiger partial charge in [-0.3, -0.25) is 0 Å². The minimum atomic E-state index is -0.0911. The molecular weight excluding hydrogens is 256 g/mol. The fraction of sp³-hybridized carbons (Fsp3) is 0.714. The molecule has 4 nitrogen and oxygen atoms in total. The Morgan fingerprint density at radius 2 is 2.00 bits per heavy atom. The van der Waals surface area contributed by atoms with E-state index in [9.17, 15) is 0 Å². The number of hydrogen-bond donors (Lipinski definition) is 1. The van der Waals surface area contributed by atoms with Gasteiger partial charge in [0.1, 0.15) is 17.5 Å². The number of anilines is 2. The average Bonchev–Trinajstić information content (AvgIpc) is 2.33. The van der Waals surface area contributed by atoms with E-state index < -0.39 is 0 Å². The highest BCUT2D eigenvalue weighted by atomic mass is 32.2. The quantitative estimate of drug-likeness (QED) is 0.900. The normalized spacial score (nSPS) is 13.4. The number of nitrogens with zero attached hydrogens (tertiary/aromatic N) is 3. The Balaban J connectivity index is 3.09. The molecule has 0 aromatic carbocycles. The summed E-state index contributed by atoms with van der Waals surface area (Å²) >= 11 is 1.85. The van der Waals surface area contributed by atoms with Crippen LogP contribution in [0.1, 0.15) is 39.9 Å². The van der Waals surface area contributed by atoms with Crippen LogP contribution in [0, 0.1) is 0 Å². The van der Waals surface area contributed by atoms with E-state index in [4.69, 9.17) is 5.73 Å². The van der Waals surface area contributed by atoms with E-state index in [-0.39, 0.29) is 5.41 Å². The van der Waals surface area contributed by atoms with Crippen molar-refractivity contribution >= 4 is 23.4 Å². The van der Waals surface area contributed by atoms with Crippen molar-refractivity contribution < 1.29 is 0 Å². The number of aromatic nitrogens is 2. The molecule has 0 amide bonds. The summed E-state index contributed by atoms with van der Waals surface area (Å²) in [5, 5.41) is 0. The Morgan fingerprint density at radius 1 is 1.37 bits per heavy atom. The third kappa shape index (κ3) is 4.27. The first-order chi connectivity index (χ1) is 8.79. The van der Waals surface area contributed by atoms with Crippen LogP contribution < -0.4 is 10.6 Å². The molecule has 1 aromatic rings. The van der Waals surface area contributed by atoms with Gasteiger partial charge in [-0.1, -0.05) is 27.7 Å². The molecule has 0 aliphatic carbocycles. The molecule has 1 unspecified atom stereocenters. The lowest BCUT2D eigenvalue weighted by Crippen LogP contribution is -2.34. The Morgan fingerprint density at radius 3 is 2.47 bits per heavy atom. The van der Waals surface area contributed by atoms with E-state index in [2.05, 4.69) is 55.9 Å². The Kier molecular flexibility index (Phi) is 5.47. The summed E-state index contributed by atoms with van der Waals surface area (Å²) in [6, 6.07) is 2.33. The largest absolute Gasteiger partial charge is 0.384 e. The van der Waals surface area contributed by atoms with Crippen LogP contribution >= 0.6 is 11.8 Å². The van der Waals surface area contributed by atoms with Gasteiger partial charge < -0.3 is 10.6 Å². The maximum absolute atomic E-state index is 5.93. The number of thioether (sulfide) groups is 1. The Bertz CT molecular complexity index is 414. The van der Waals surface area contributed by atoms with Crippen molar-refractivity contribution in [2.75, 3.05) is 29.7 Å². The van der Waals surface area contributed by atoms with Gasteiger partial charge in [0.25, 0.3) is 0 Å². The van der Waals surface area contributed by atoms with E-state index in [1.54, 1.807) is 0 Å². The van der Waals surface area contributed by atoms with Crippen molar-refractivity contribution in [1.29, 1.82) is 0 Å². The summed E-state index contributed by atoms with van der Waals surface area (Å²) in [6.45, 7) is 8.51. The molecule has 2 N–H and O–H groups in total. The van der Waals surface area contributed by atoms with Crippen LogP contribution in [0.3, 0.4) is 0 Å². The molecule has 0 fully saturated rings. The predicted molar refractivity (Wildman–Crippen MR) is 86.0 cm³/mol. The second kappa shape index (κ2) is 6.46. The first-order valence-electron chi connectivity index (χ1n) is 6.66. The summed E-state index contributed by atoms with van der Waals surface area (Å²) in [5.74, 6) is 3.34. The standard InChI is InChI=1S/C14H26N4S/c1-7-10(9-19-6)18(5)12-8-11(15)16-13(17-12)14(2,3)4/h8,10H,7,9H2,1-6H3,(H2,15,16,17). The van der Waals surface area contributed by atoms with Crippen LogP contribution in [-0.4, -0.2) is 35.1 Å². The topological polar surface area (TPSA) is 55.0 Å². The van der Waals surface area contributed by atoms with Gasteiger partial charge in [0, 0.05) is 30.3 Å². The van der Waals surface area contributed by atoms with Gasteiger partial charge >= 0.3 is 0 Å². The summed E-state index contributed by atoms with van der Waals surface area (Å²) in [4.78, 5) is 11.2. The van der Waals surface area contributed by atoms with Crippen molar-refractivity contribution in [1.82, 2.24) is 9.97 Å². The van der Waals surface area contributed by atoms with Crippen molar-refractivity contribution in [2.24, 2.45) is 0 Å². The summed E-state index contributed by atoms with van der Waals surface area (Å²) in [6.07, 6.45) is 3.22. The van der Waals surface area contributed by atoms with Crippen molar-refractivity contribution in [3.8, 4) is 0 Å². The highest BCUT2D eigenvalue weighted by Gasteiger charge is 2.21. The molecular formula is C14H26N4S. The van der Waals surface area contributed by atoms with Crippen LogP contribution in [0.25, 0.3) is 0 Å². The Hall–Kier alpha value is -0.970. The van der Waals surface area contributed by atoms with Gasteiger partial charge in [0.2, 0.25) is 0 Å². The smallest absolute Gasteiger partial charge is 0.138 e. The molecule has 5 heteroatoms. The number of nitrogens with two attached hydrogens (primary N) is 1. The van der Waals surface area contributed by atoms with Gasteiger partial charge in [-0.05, 0) is 12.7 Å². The van der Waals surface area contributed by atoms with E-state index in [1.807, 2.05) is 17.8 Å². The molecule has 0 bridgehead atoms. The maximum atomic E-state index is 5.93. The zero-order valence-corrected chi connectivity index (χ0v) is 13.7. The lowest BCUT2D eigenvalue weighted by Gasteiger charge is -2.29. The van der Waals surface area contributed by atoms with E-state index in [0.29, 0.717) is 11.9 Å². The van der Waals surface area contributed by atoms with E-state index in [1.165, 1.54) is 0 Å². The van der Waals surface area contributed by atoms with Crippen LogP contribution in [-0.2, 0) is 5.41 Å². The average molecular weight is 282 g/mol. The molecule has 108 valence electrons. The summed E-state index contributed by atoms with van der Waals surface area (Å²) in [5.41, 5.74) is 5.84. The molecule has 1 aromatic heterocycles. The third-order valence-electron chi connectivity index (χ3n) is 3.14. The molecule has 0 spiro atoms. The van der Waals surface area contributed by atoms with Gasteiger partial charge in [0.15, 0.2) is 0 Å². The SMILES string of the molecule is CCC(CSC)N(C)c1cc(N)nc(C(C)(C)C)n1. The van der Waals surface area contributed by atoms with Gasteiger partial charge in [-0.25, -0.2) is 9.97 Å². The lowest BCUT2D eigenvalue weighted by atomic mass is 9.96. The number of hydrogen-bond acceptors (Lipinski definition) is 5. The van der Waals surface area contributed by atoms with Crippen LogP contribution in [0.5, 0.6) is 0 Å². The minimum Gasteiger partial charge on any atom is -0.384 e. The molecule has 0 aliphatic heterocycles. The first kappa shape index (κ1) is 16.1. The van der Waals surface area contributed by atoms with Gasteiger partial charge in [-0.2, -0.15) is 11.8 Å². The lowest BCUT2D eigenvalue weighted by molar-refractivity contribution is 0.543. The van der Waals surface area contributed by atoms with Gasteiger partial charge in [0.05, 0.1) is 0 Å². The Labute approximate surface area is 121 Å². The first-order valence-corrected chi connectivity index (χ1v) is 8.05. The summed E-state index contributed by atoms with van der Waals surface area (Å²) in [7, 11) is 2.08. The molecule has 1 heterocycles.